The summed E-state index contributed by atoms with van der Waals surface area (Å²) >= 11 is 0. The number of sulfonamides is 1. The van der Waals surface area contributed by atoms with Crippen molar-refractivity contribution in [1.29, 1.82) is 0 Å². The number of aromatic nitrogens is 3. The highest BCUT2D eigenvalue weighted by Crippen LogP contribution is 2.15. The standard InChI is InChI=1S/C12H17N5O2S/c1-9-2-3-11(6-10(9)7-13)20(18,19)16-5-4-12-14-8-15-17-12/h2-3,6,8,16H,4-5,7,13H2,1H3,(H,14,15,17). The van der Waals surface area contributed by atoms with Crippen molar-refractivity contribution in [1.82, 2.24) is 19.9 Å². The predicted octanol–water partition coefficient (Wildman–Crippen LogP) is 0.0928. The van der Waals surface area contributed by atoms with Gasteiger partial charge in [-0.2, -0.15) is 5.10 Å². The number of nitrogens with one attached hydrogen (secondary N) is 2. The maximum Gasteiger partial charge on any atom is 0.240 e. The van der Waals surface area contributed by atoms with E-state index in [-0.39, 0.29) is 11.4 Å². The molecular weight excluding hydrogens is 278 g/mol. The summed E-state index contributed by atoms with van der Waals surface area (Å²) in [6.45, 7) is 2.46. The van der Waals surface area contributed by atoms with Crippen LogP contribution in [0.5, 0.6) is 0 Å². The molecule has 108 valence electrons. The lowest BCUT2D eigenvalue weighted by molar-refractivity contribution is 0.580. The minimum absolute atomic E-state index is 0.223. The van der Waals surface area contributed by atoms with E-state index in [9.17, 15) is 8.42 Å². The van der Waals surface area contributed by atoms with Crippen LogP contribution < -0.4 is 10.5 Å². The molecule has 0 saturated heterocycles. The van der Waals surface area contributed by atoms with E-state index in [2.05, 4.69) is 19.9 Å². The van der Waals surface area contributed by atoms with Gasteiger partial charge in [0.05, 0.1) is 4.90 Å². The van der Waals surface area contributed by atoms with E-state index in [4.69, 9.17) is 5.73 Å². The molecule has 1 aromatic carbocycles. The lowest BCUT2D eigenvalue weighted by Crippen LogP contribution is -2.26. The van der Waals surface area contributed by atoms with Gasteiger partial charge in [-0.15, -0.1) is 0 Å². The van der Waals surface area contributed by atoms with Crippen molar-refractivity contribution < 1.29 is 8.42 Å². The first-order valence-corrected chi connectivity index (χ1v) is 7.65. The van der Waals surface area contributed by atoms with Crippen LogP contribution >= 0.6 is 0 Å². The van der Waals surface area contributed by atoms with E-state index in [1.165, 1.54) is 6.33 Å². The molecule has 20 heavy (non-hydrogen) atoms. The largest absolute Gasteiger partial charge is 0.326 e. The van der Waals surface area contributed by atoms with Gasteiger partial charge in [-0.05, 0) is 30.2 Å². The number of benzene rings is 1. The zero-order valence-corrected chi connectivity index (χ0v) is 11.9. The number of nitrogens with zero attached hydrogens (tertiary/aromatic N) is 2. The molecule has 0 amide bonds. The molecule has 7 nitrogen and oxygen atoms in total. The molecule has 0 aliphatic carbocycles. The number of hydrogen-bond donors (Lipinski definition) is 3. The average Bonchev–Trinajstić information content (AvgIpc) is 2.92. The van der Waals surface area contributed by atoms with Crippen LogP contribution in [-0.2, 0) is 23.0 Å². The van der Waals surface area contributed by atoms with Gasteiger partial charge >= 0.3 is 0 Å². The fourth-order valence-corrected chi connectivity index (χ4v) is 2.86. The van der Waals surface area contributed by atoms with Crippen LogP contribution in [0.25, 0.3) is 0 Å². The minimum Gasteiger partial charge on any atom is -0.326 e. The van der Waals surface area contributed by atoms with E-state index >= 15 is 0 Å². The van der Waals surface area contributed by atoms with Crippen LogP contribution in [0.4, 0.5) is 0 Å². The van der Waals surface area contributed by atoms with E-state index < -0.39 is 10.0 Å². The van der Waals surface area contributed by atoms with E-state index in [0.29, 0.717) is 18.8 Å². The summed E-state index contributed by atoms with van der Waals surface area (Å²) < 4.78 is 26.8. The zero-order valence-electron chi connectivity index (χ0n) is 11.1. The van der Waals surface area contributed by atoms with Gasteiger partial charge in [0.2, 0.25) is 10.0 Å². The fourth-order valence-electron chi connectivity index (χ4n) is 1.77. The zero-order chi connectivity index (χ0) is 14.6. The summed E-state index contributed by atoms with van der Waals surface area (Å²) in [4.78, 5) is 4.15. The van der Waals surface area contributed by atoms with E-state index in [1.54, 1.807) is 18.2 Å². The fraction of sp³-hybridized carbons (Fsp3) is 0.333. The molecule has 0 saturated carbocycles. The Hall–Kier alpha value is -1.77. The lowest BCUT2D eigenvalue weighted by atomic mass is 10.1. The Morgan fingerprint density at radius 3 is 2.85 bits per heavy atom. The van der Waals surface area contributed by atoms with Gasteiger partial charge in [0.25, 0.3) is 0 Å². The van der Waals surface area contributed by atoms with Crippen LogP contribution in [0.2, 0.25) is 0 Å². The SMILES string of the molecule is Cc1ccc(S(=O)(=O)NCCc2ncn[nH]2)cc1CN. The number of nitrogens with two attached hydrogens (primary N) is 1. The first-order chi connectivity index (χ1) is 9.53. The number of rotatable bonds is 6. The first-order valence-electron chi connectivity index (χ1n) is 6.16. The van der Waals surface area contributed by atoms with Crippen LogP contribution in [0.1, 0.15) is 17.0 Å². The van der Waals surface area contributed by atoms with Gasteiger partial charge in [0.1, 0.15) is 12.2 Å². The van der Waals surface area contributed by atoms with Crippen molar-refractivity contribution in [2.45, 2.75) is 24.8 Å². The highest BCUT2D eigenvalue weighted by Gasteiger charge is 2.14. The van der Waals surface area contributed by atoms with Gasteiger partial charge in [-0.3, -0.25) is 5.10 Å². The topological polar surface area (TPSA) is 114 Å². The summed E-state index contributed by atoms with van der Waals surface area (Å²) in [5.74, 6) is 0.638. The molecule has 0 atom stereocenters. The molecule has 0 fully saturated rings. The molecule has 0 spiro atoms. The van der Waals surface area contributed by atoms with Crippen molar-refractivity contribution in [3.63, 3.8) is 0 Å². The maximum absolute atomic E-state index is 12.1. The summed E-state index contributed by atoms with van der Waals surface area (Å²) in [5, 5.41) is 6.38. The Morgan fingerprint density at radius 2 is 2.20 bits per heavy atom. The first kappa shape index (κ1) is 14.6. The number of H-pyrrole nitrogens is 1. The van der Waals surface area contributed by atoms with Gasteiger partial charge in [0.15, 0.2) is 0 Å². The second-order valence-corrected chi connectivity index (χ2v) is 6.14. The number of hydrogen-bond acceptors (Lipinski definition) is 5. The maximum atomic E-state index is 12.1. The van der Waals surface area contributed by atoms with Crippen LogP contribution in [0.15, 0.2) is 29.4 Å². The number of aryl methyl sites for hydroxylation is 1. The molecule has 0 aliphatic heterocycles. The molecule has 0 aliphatic rings. The molecule has 2 rings (SSSR count). The minimum atomic E-state index is -3.53. The highest BCUT2D eigenvalue weighted by atomic mass is 32.2. The van der Waals surface area contributed by atoms with Crippen molar-refractivity contribution in [2.75, 3.05) is 6.54 Å². The summed E-state index contributed by atoms with van der Waals surface area (Å²) in [6, 6.07) is 4.94. The summed E-state index contributed by atoms with van der Waals surface area (Å²) in [6.07, 6.45) is 1.84. The lowest BCUT2D eigenvalue weighted by Gasteiger charge is -2.09. The predicted molar refractivity (Wildman–Crippen MR) is 74.3 cm³/mol. The third kappa shape index (κ3) is 3.41. The van der Waals surface area contributed by atoms with Gasteiger partial charge < -0.3 is 5.73 Å². The Labute approximate surface area is 117 Å². The molecule has 1 aromatic heterocycles. The smallest absolute Gasteiger partial charge is 0.240 e. The second kappa shape index (κ2) is 6.12. The van der Waals surface area contributed by atoms with Crippen molar-refractivity contribution in [2.24, 2.45) is 5.73 Å². The van der Waals surface area contributed by atoms with Crippen LogP contribution in [-0.4, -0.2) is 30.1 Å². The molecular formula is C12H17N5O2S. The van der Waals surface area contributed by atoms with Gasteiger partial charge in [-0.1, -0.05) is 6.07 Å². The summed E-state index contributed by atoms with van der Waals surface area (Å²) in [7, 11) is -3.53. The van der Waals surface area contributed by atoms with Crippen LogP contribution in [0.3, 0.4) is 0 Å². The monoisotopic (exact) mass is 295 g/mol. The molecule has 0 radical (unpaired) electrons. The molecule has 4 N–H and O–H groups in total. The molecule has 2 aromatic rings. The Bertz CT molecular complexity index is 667. The Balaban J connectivity index is 2.06. The van der Waals surface area contributed by atoms with Gasteiger partial charge in [0, 0.05) is 19.5 Å². The highest BCUT2D eigenvalue weighted by molar-refractivity contribution is 7.89. The molecule has 0 unspecified atom stereocenters. The van der Waals surface area contributed by atoms with E-state index in [1.807, 2.05) is 6.92 Å². The van der Waals surface area contributed by atoms with Gasteiger partial charge in [-0.25, -0.2) is 18.1 Å². The molecule has 0 bridgehead atoms. The van der Waals surface area contributed by atoms with Crippen molar-refractivity contribution in [3.05, 3.63) is 41.5 Å². The van der Waals surface area contributed by atoms with Crippen molar-refractivity contribution in [3.8, 4) is 0 Å². The third-order valence-corrected chi connectivity index (χ3v) is 4.43. The summed E-state index contributed by atoms with van der Waals surface area (Å²) in [5.41, 5.74) is 7.39. The molecule has 8 heteroatoms. The van der Waals surface area contributed by atoms with E-state index in [0.717, 1.165) is 11.1 Å². The second-order valence-electron chi connectivity index (χ2n) is 4.37. The van der Waals surface area contributed by atoms with Crippen LogP contribution in [0, 0.1) is 6.92 Å². The average molecular weight is 295 g/mol. The quantitative estimate of drug-likeness (QED) is 0.699. The Kier molecular flexibility index (Phi) is 4.48. The third-order valence-electron chi connectivity index (χ3n) is 2.97. The van der Waals surface area contributed by atoms with Crippen molar-refractivity contribution >= 4 is 10.0 Å². The Morgan fingerprint density at radius 1 is 1.40 bits per heavy atom. The number of aromatic amines is 1. The normalized spacial score (nSPS) is 11.7. The molecule has 1 heterocycles.